The zero-order chi connectivity index (χ0) is 21.7. The van der Waals surface area contributed by atoms with Gasteiger partial charge in [-0.05, 0) is 18.2 Å². The maximum atomic E-state index is 13.1. The Labute approximate surface area is 169 Å². The van der Waals surface area contributed by atoms with Gasteiger partial charge in [-0.25, -0.2) is 4.79 Å². The molecule has 0 spiro atoms. The first-order valence-corrected chi connectivity index (χ1v) is 9.07. The molecule has 0 aromatic heterocycles. The van der Waals surface area contributed by atoms with Gasteiger partial charge in [-0.3, -0.25) is 10.1 Å². The van der Waals surface area contributed by atoms with Crippen LogP contribution in [0.1, 0.15) is 11.1 Å². The fourth-order valence-corrected chi connectivity index (χ4v) is 3.07. The van der Waals surface area contributed by atoms with Crippen molar-refractivity contribution < 1.29 is 27.6 Å². The lowest BCUT2D eigenvalue weighted by Gasteiger charge is -2.31. The molecule has 0 saturated carbocycles. The molecule has 11 heteroatoms. The zero-order valence-electron chi connectivity index (χ0n) is 15.7. The highest BCUT2D eigenvalue weighted by atomic mass is 19.4. The van der Waals surface area contributed by atoms with E-state index in [9.17, 15) is 28.1 Å². The number of carbonyl (C=O) groups is 1. The number of nitrogens with zero attached hydrogens (tertiary/aromatic N) is 2. The van der Waals surface area contributed by atoms with Gasteiger partial charge in [0.05, 0.1) is 41.6 Å². The molecule has 8 nitrogen and oxygen atoms in total. The number of nitrogens with one attached hydrogen (secondary N) is 2. The number of nitro benzene ring substituents is 1. The summed E-state index contributed by atoms with van der Waals surface area (Å²) in [4.78, 5) is 24.7. The van der Waals surface area contributed by atoms with Crippen molar-refractivity contribution in [2.24, 2.45) is 0 Å². The molecule has 2 amide bonds. The molecule has 0 atom stereocenters. The van der Waals surface area contributed by atoms with Gasteiger partial charge in [0.1, 0.15) is 0 Å². The summed E-state index contributed by atoms with van der Waals surface area (Å²) in [6.07, 6.45) is -4.57. The van der Waals surface area contributed by atoms with Crippen LogP contribution < -0.4 is 15.5 Å². The lowest BCUT2D eigenvalue weighted by Crippen LogP contribution is -2.37. The highest BCUT2D eigenvalue weighted by Crippen LogP contribution is 2.35. The summed E-state index contributed by atoms with van der Waals surface area (Å²) in [6, 6.07) is 8.24. The van der Waals surface area contributed by atoms with Gasteiger partial charge in [0.2, 0.25) is 0 Å². The number of morpholine rings is 1. The largest absolute Gasteiger partial charge is 0.416 e. The molecule has 2 N–H and O–H groups in total. The number of halogens is 3. The van der Waals surface area contributed by atoms with Crippen molar-refractivity contribution >= 4 is 23.1 Å². The molecule has 1 aliphatic heterocycles. The number of hydrogen-bond donors (Lipinski definition) is 2. The van der Waals surface area contributed by atoms with Crippen LogP contribution in [0.5, 0.6) is 0 Å². The average molecular weight is 424 g/mol. The van der Waals surface area contributed by atoms with Gasteiger partial charge in [-0.1, -0.05) is 18.2 Å². The van der Waals surface area contributed by atoms with Gasteiger partial charge in [-0.2, -0.15) is 13.2 Å². The van der Waals surface area contributed by atoms with Crippen molar-refractivity contribution in [1.82, 2.24) is 5.32 Å². The van der Waals surface area contributed by atoms with Crippen LogP contribution in [0.15, 0.2) is 42.5 Å². The van der Waals surface area contributed by atoms with Crippen molar-refractivity contribution in [2.45, 2.75) is 12.7 Å². The van der Waals surface area contributed by atoms with Crippen LogP contribution in [0.3, 0.4) is 0 Å². The average Bonchev–Trinajstić information content (AvgIpc) is 2.72. The summed E-state index contributed by atoms with van der Waals surface area (Å²) in [5, 5.41) is 16.0. The Balaban J connectivity index is 1.78. The fraction of sp³-hybridized carbons (Fsp3) is 0.316. The predicted octanol–water partition coefficient (Wildman–Crippen LogP) is 3.77. The molecule has 0 radical (unpaired) electrons. The van der Waals surface area contributed by atoms with Crippen molar-refractivity contribution in [3.8, 4) is 0 Å². The zero-order valence-corrected chi connectivity index (χ0v) is 15.7. The summed E-state index contributed by atoms with van der Waals surface area (Å²) in [7, 11) is 0. The molecule has 1 fully saturated rings. The van der Waals surface area contributed by atoms with E-state index in [2.05, 4.69) is 10.6 Å². The van der Waals surface area contributed by atoms with Gasteiger partial charge >= 0.3 is 12.2 Å². The van der Waals surface area contributed by atoms with E-state index in [-0.39, 0.29) is 23.5 Å². The minimum Gasteiger partial charge on any atom is -0.378 e. The number of hydrogen-bond acceptors (Lipinski definition) is 5. The number of ether oxygens (including phenoxy) is 1. The third kappa shape index (κ3) is 5.17. The summed E-state index contributed by atoms with van der Waals surface area (Å²) in [5.41, 5.74) is -0.353. The Bertz CT molecular complexity index is 930. The third-order valence-electron chi connectivity index (χ3n) is 4.55. The first-order chi connectivity index (χ1) is 14.3. The molecule has 160 valence electrons. The maximum absolute atomic E-state index is 13.1. The van der Waals surface area contributed by atoms with E-state index >= 15 is 0 Å². The highest BCUT2D eigenvalue weighted by molar-refractivity contribution is 5.93. The molecule has 0 unspecified atom stereocenters. The molecule has 2 aromatic carbocycles. The number of amides is 2. The Kier molecular flexibility index (Phi) is 6.40. The number of anilines is 2. The van der Waals surface area contributed by atoms with E-state index in [0.717, 1.165) is 12.1 Å². The van der Waals surface area contributed by atoms with Crippen LogP contribution in [0.4, 0.5) is 35.0 Å². The number of nitro groups is 1. The second-order valence-corrected chi connectivity index (χ2v) is 6.52. The van der Waals surface area contributed by atoms with Crippen LogP contribution in [0.2, 0.25) is 0 Å². The van der Waals surface area contributed by atoms with Gasteiger partial charge in [-0.15, -0.1) is 0 Å². The minimum atomic E-state index is -4.57. The first kappa shape index (κ1) is 21.4. The second-order valence-electron chi connectivity index (χ2n) is 6.52. The van der Waals surface area contributed by atoms with Crippen LogP contribution in [-0.2, 0) is 17.5 Å². The Morgan fingerprint density at radius 1 is 1.17 bits per heavy atom. The van der Waals surface area contributed by atoms with E-state index < -0.39 is 22.7 Å². The number of benzene rings is 2. The van der Waals surface area contributed by atoms with Gasteiger partial charge in [0, 0.05) is 24.7 Å². The summed E-state index contributed by atoms with van der Waals surface area (Å²) in [5.74, 6) is 0. The number of carbonyl (C=O) groups excluding carboxylic acids is 1. The van der Waals surface area contributed by atoms with Crippen molar-refractivity contribution in [1.29, 1.82) is 0 Å². The molecular weight excluding hydrogens is 405 g/mol. The summed E-state index contributed by atoms with van der Waals surface area (Å²) < 4.78 is 44.7. The standard InChI is InChI=1S/C19H19F3N4O4/c20-19(21,22)14-5-6-17(25-7-9-30-10-8-25)15(11-14)24-18(27)23-12-13-3-1-2-4-16(13)26(28)29/h1-6,11H,7-10,12H2,(H2,23,24,27). The molecule has 3 rings (SSSR count). The summed E-state index contributed by atoms with van der Waals surface area (Å²) in [6.45, 7) is 1.62. The van der Waals surface area contributed by atoms with E-state index in [0.29, 0.717) is 32.0 Å². The van der Waals surface area contributed by atoms with Crippen LogP contribution in [-0.4, -0.2) is 37.3 Å². The van der Waals surface area contributed by atoms with E-state index in [1.165, 1.54) is 24.3 Å². The smallest absolute Gasteiger partial charge is 0.378 e. The second kappa shape index (κ2) is 8.99. The number of para-hydroxylation sites is 1. The SMILES string of the molecule is O=C(NCc1ccccc1[N+](=O)[O-])Nc1cc(C(F)(F)F)ccc1N1CCOCC1. The van der Waals surface area contributed by atoms with Gasteiger partial charge < -0.3 is 20.3 Å². The molecule has 0 bridgehead atoms. The summed E-state index contributed by atoms with van der Waals surface area (Å²) >= 11 is 0. The van der Waals surface area contributed by atoms with E-state index in [1.54, 1.807) is 6.07 Å². The fourth-order valence-electron chi connectivity index (χ4n) is 3.07. The number of alkyl halides is 3. The van der Waals surface area contributed by atoms with E-state index in [1.807, 2.05) is 4.90 Å². The van der Waals surface area contributed by atoms with Crippen LogP contribution in [0, 0.1) is 10.1 Å². The lowest BCUT2D eigenvalue weighted by molar-refractivity contribution is -0.385. The predicted molar refractivity (Wildman–Crippen MR) is 103 cm³/mol. The molecule has 1 aliphatic rings. The highest BCUT2D eigenvalue weighted by Gasteiger charge is 2.32. The van der Waals surface area contributed by atoms with Crippen molar-refractivity contribution in [3.05, 3.63) is 63.7 Å². The monoisotopic (exact) mass is 424 g/mol. The normalized spacial score (nSPS) is 14.3. The maximum Gasteiger partial charge on any atom is 0.416 e. The molecule has 30 heavy (non-hydrogen) atoms. The van der Waals surface area contributed by atoms with Gasteiger partial charge in [0.15, 0.2) is 0 Å². The lowest BCUT2D eigenvalue weighted by atomic mass is 10.1. The Morgan fingerprint density at radius 3 is 2.53 bits per heavy atom. The number of urea groups is 1. The molecular formula is C19H19F3N4O4. The minimum absolute atomic E-state index is 0.00761. The number of rotatable bonds is 5. The van der Waals surface area contributed by atoms with Crippen LogP contribution in [0.25, 0.3) is 0 Å². The Hall–Kier alpha value is -3.34. The first-order valence-electron chi connectivity index (χ1n) is 9.07. The van der Waals surface area contributed by atoms with Crippen molar-refractivity contribution in [2.75, 3.05) is 36.5 Å². The quantitative estimate of drug-likeness (QED) is 0.563. The van der Waals surface area contributed by atoms with Crippen molar-refractivity contribution in [3.63, 3.8) is 0 Å². The molecule has 1 saturated heterocycles. The van der Waals surface area contributed by atoms with E-state index in [4.69, 9.17) is 4.74 Å². The topological polar surface area (TPSA) is 96.7 Å². The molecule has 1 heterocycles. The Morgan fingerprint density at radius 2 is 1.87 bits per heavy atom. The third-order valence-corrected chi connectivity index (χ3v) is 4.55. The van der Waals surface area contributed by atoms with Crippen LogP contribution >= 0.6 is 0 Å². The molecule has 2 aromatic rings. The molecule has 0 aliphatic carbocycles. The van der Waals surface area contributed by atoms with Gasteiger partial charge in [0.25, 0.3) is 5.69 Å².